The van der Waals surface area contributed by atoms with Gasteiger partial charge >= 0.3 is 0 Å². The molecule has 6 heterocycles. The van der Waals surface area contributed by atoms with E-state index in [4.69, 9.17) is 14.6 Å². The lowest BCUT2D eigenvalue weighted by Gasteiger charge is -2.27. The Morgan fingerprint density at radius 2 is 1.23 bits per heavy atom. The summed E-state index contributed by atoms with van der Waals surface area (Å²) >= 11 is 3.28. The number of nitrogens with one attached hydrogen (secondary N) is 2. The topological polar surface area (TPSA) is 200 Å². The van der Waals surface area contributed by atoms with Gasteiger partial charge in [0.15, 0.2) is 0 Å². The van der Waals surface area contributed by atoms with Crippen molar-refractivity contribution in [2.24, 2.45) is 21.8 Å². The second kappa shape index (κ2) is 19.4. The van der Waals surface area contributed by atoms with Crippen molar-refractivity contribution in [3.05, 3.63) is 80.1 Å². The van der Waals surface area contributed by atoms with Crippen LogP contribution in [-0.2, 0) is 48.4 Å². The number of aliphatic imine (C=N–C) groups is 2. The first-order valence-electron chi connectivity index (χ1n) is 22.4. The molecular formula is C48H54N10O6S2. The summed E-state index contributed by atoms with van der Waals surface area (Å²) in [5.41, 5.74) is 8.68. The van der Waals surface area contributed by atoms with Crippen molar-refractivity contribution >= 4 is 90.4 Å². The van der Waals surface area contributed by atoms with Crippen molar-refractivity contribution in [2.75, 3.05) is 58.1 Å². The molecule has 0 radical (unpaired) electrons. The number of hydrogen-bond acceptors (Lipinski definition) is 16. The SMILES string of the molecule is CCOc1cc2c(cc1Nc1ncnc3sc4c(c13)CCC(C(=O)N(C)C)C4)C=NC2.CCOc1cc2c(cc1Nc1ncnc3sc4c(c13)CCC(C(=O)N(C)CC(O)CO)C4)C=NC2. The molecule has 3 unspecified atom stereocenters. The number of anilines is 4. The van der Waals surface area contributed by atoms with Crippen LogP contribution in [0.4, 0.5) is 23.0 Å². The van der Waals surface area contributed by atoms with Gasteiger partial charge in [-0.15, -0.1) is 22.7 Å². The number of ether oxygens (including phenoxy) is 2. The number of likely N-dealkylation sites (N-methyl/N-ethyl adjacent to an activating group) is 1. The lowest BCUT2D eigenvalue weighted by atomic mass is 9.87. The van der Waals surface area contributed by atoms with Crippen LogP contribution in [0, 0.1) is 11.8 Å². The largest absolute Gasteiger partial charge is 0.492 e. The lowest BCUT2D eigenvalue weighted by molar-refractivity contribution is -0.136. The maximum Gasteiger partial charge on any atom is 0.225 e. The molecule has 4 aliphatic rings. The van der Waals surface area contributed by atoms with Crippen LogP contribution in [0.2, 0.25) is 0 Å². The summed E-state index contributed by atoms with van der Waals surface area (Å²) in [7, 11) is 5.33. The van der Waals surface area contributed by atoms with Crippen molar-refractivity contribution in [1.82, 2.24) is 29.7 Å². The molecule has 66 heavy (non-hydrogen) atoms. The van der Waals surface area contributed by atoms with Crippen molar-refractivity contribution in [3.63, 3.8) is 0 Å². The van der Waals surface area contributed by atoms with Crippen LogP contribution in [0.15, 0.2) is 46.9 Å². The van der Waals surface area contributed by atoms with E-state index in [2.05, 4.69) is 58.8 Å². The highest BCUT2D eigenvalue weighted by molar-refractivity contribution is 7.19. The van der Waals surface area contributed by atoms with E-state index in [1.807, 2.05) is 46.4 Å². The van der Waals surface area contributed by atoms with Gasteiger partial charge in [0.1, 0.15) is 45.5 Å². The number of rotatable bonds is 13. The quantitative estimate of drug-likeness (QED) is 0.0964. The fourth-order valence-electron chi connectivity index (χ4n) is 9.25. The maximum atomic E-state index is 12.9. The maximum absolute atomic E-state index is 12.9. The van der Waals surface area contributed by atoms with E-state index in [9.17, 15) is 14.7 Å². The molecule has 0 fully saturated rings. The molecule has 3 atom stereocenters. The molecule has 0 saturated carbocycles. The Morgan fingerprint density at radius 3 is 1.68 bits per heavy atom. The molecule has 344 valence electrons. The van der Waals surface area contributed by atoms with E-state index >= 15 is 0 Å². The van der Waals surface area contributed by atoms with Gasteiger partial charge in [-0.05, 0) is 110 Å². The summed E-state index contributed by atoms with van der Waals surface area (Å²) in [6, 6.07) is 8.23. The summed E-state index contributed by atoms with van der Waals surface area (Å²) in [4.78, 5) is 59.8. The van der Waals surface area contributed by atoms with Crippen molar-refractivity contribution in [2.45, 2.75) is 71.6 Å². The lowest BCUT2D eigenvalue weighted by Crippen LogP contribution is -2.40. The van der Waals surface area contributed by atoms with E-state index in [0.717, 1.165) is 102 Å². The molecule has 10 rings (SSSR count). The van der Waals surface area contributed by atoms with Crippen LogP contribution < -0.4 is 20.1 Å². The Hall–Kier alpha value is -6.08. The molecule has 16 nitrogen and oxygen atoms in total. The van der Waals surface area contributed by atoms with E-state index in [1.165, 1.54) is 26.5 Å². The number of carbonyl (C=O) groups is 2. The zero-order valence-corrected chi connectivity index (χ0v) is 39.4. The van der Waals surface area contributed by atoms with E-state index in [-0.39, 0.29) is 36.8 Å². The summed E-state index contributed by atoms with van der Waals surface area (Å²) in [6.45, 7) is 6.21. The van der Waals surface area contributed by atoms with Gasteiger partial charge in [-0.1, -0.05) is 0 Å². The first-order valence-corrected chi connectivity index (χ1v) is 24.0. The number of fused-ring (bicyclic) bond motifs is 8. The van der Waals surface area contributed by atoms with Crippen molar-refractivity contribution in [3.8, 4) is 11.5 Å². The molecule has 2 aromatic carbocycles. The number of nitrogens with zero attached hydrogens (tertiary/aromatic N) is 8. The predicted octanol–water partition coefficient (Wildman–Crippen LogP) is 6.64. The van der Waals surface area contributed by atoms with Gasteiger partial charge < -0.3 is 40.1 Å². The number of aromatic nitrogens is 4. The third-order valence-corrected chi connectivity index (χ3v) is 14.8. The van der Waals surface area contributed by atoms with Gasteiger partial charge in [-0.2, -0.15) is 0 Å². The minimum Gasteiger partial charge on any atom is -0.492 e. The van der Waals surface area contributed by atoms with E-state index in [0.29, 0.717) is 39.1 Å². The summed E-state index contributed by atoms with van der Waals surface area (Å²) in [5, 5.41) is 27.9. The Kier molecular flexibility index (Phi) is 13.3. The Balaban J connectivity index is 0.000000167. The van der Waals surface area contributed by atoms with Gasteiger partial charge in [-0.3, -0.25) is 19.6 Å². The Bertz CT molecular complexity index is 2880. The molecule has 0 spiro atoms. The van der Waals surface area contributed by atoms with Crippen molar-refractivity contribution < 1.29 is 29.3 Å². The highest BCUT2D eigenvalue weighted by atomic mass is 32.1. The Labute approximate surface area is 390 Å². The molecule has 0 saturated heterocycles. The second-order valence-corrected chi connectivity index (χ2v) is 19.3. The predicted molar refractivity (Wildman–Crippen MR) is 260 cm³/mol. The minimum atomic E-state index is -0.927. The van der Waals surface area contributed by atoms with Crippen LogP contribution in [0.3, 0.4) is 0 Å². The smallest absolute Gasteiger partial charge is 0.225 e. The Morgan fingerprint density at radius 1 is 0.742 bits per heavy atom. The van der Waals surface area contributed by atoms with Crippen LogP contribution in [0.1, 0.15) is 69.8 Å². The molecule has 2 aliphatic heterocycles. The fraction of sp³-hybridized carbons (Fsp3) is 0.417. The zero-order chi connectivity index (χ0) is 46.1. The van der Waals surface area contributed by atoms with E-state index in [1.54, 1.807) is 47.3 Å². The van der Waals surface area contributed by atoms with Crippen LogP contribution in [-0.4, -0.2) is 118 Å². The molecule has 2 aliphatic carbocycles. The third-order valence-electron chi connectivity index (χ3n) is 12.5. The van der Waals surface area contributed by atoms with Gasteiger partial charge in [0, 0.05) is 61.7 Å². The molecule has 6 aromatic rings. The molecule has 2 amide bonds. The van der Waals surface area contributed by atoms with Crippen molar-refractivity contribution in [1.29, 1.82) is 0 Å². The van der Waals surface area contributed by atoms with Gasteiger partial charge in [0.25, 0.3) is 0 Å². The monoisotopic (exact) mass is 930 g/mol. The molecule has 18 heteroatoms. The van der Waals surface area contributed by atoms with Gasteiger partial charge in [-0.25, -0.2) is 19.9 Å². The van der Waals surface area contributed by atoms with Gasteiger partial charge in [0.2, 0.25) is 11.8 Å². The standard InChI is InChI=1S/C25H29N5O4S.C23H25N5O2S/c1-3-34-20-7-16-10-26-9-15(16)6-19(20)29-23-22-18-5-4-14(25(33)30(2)11-17(32)12-31)8-21(18)35-24(22)28-13-27-23;1-4-30-18-8-15-11-24-10-14(15)7-17(18)27-21-20-16-6-5-13(23(29)28(2)3)9-19(16)31-22(20)26-12-25-21/h6-7,9,13-14,17,31-32H,3-5,8,10-12H2,1-2H3,(H,27,28,29);7-8,10,12-13H,4-6,9,11H2,1-3H3,(H,25,26,27). The van der Waals surface area contributed by atoms with Crippen LogP contribution >= 0.6 is 22.7 Å². The number of carbonyl (C=O) groups excluding carboxylic acids is 2. The number of thiophene rings is 2. The third kappa shape index (κ3) is 9.06. The molecule has 0 bridgehead atoms. The van der Waals surface area contributed by atoms with Crippen LogP contribution in [0.5, 0.6) is 11.5 Å². The number of aliphatic hydroxyl groups excluding tert-OH is 2. The normalized spacial score (nSPS) is 17.0. The summed E-state index contributed by atoms with van der Waals surface area (Å²) in [6.07, 6.45) is 10.6. The first kappa shape index (κ1) is 45.1. The highest BCUT2D eigenvalue weighted by Crippen LogP contribution is 2.44. The number of aliphatic hydroxyl groups is 2. The molecule has 4 aromatic heterocycles. The second-order valence-electron chi connectivity index (χ2n) is 17.1. The van der Waals surface area contributed by atoms with E-state index < -0.39 is 6.10 Å². The van der Waals surface area contributed by atoms with Crippen LogP contribution in [0.25, 0.3) is 20.4 Å². The average molecular weight is 931 g/mol. The van der Waals surface area contributed by atoms with Gasteiger partial charge in [0.05, 0.1) is 61.2 Å². The first-order chi connectivity index (χ1) is 32.0. The minimum absolute atomic E-state index is 0.00815. The number of hydrogen-bond donors (Lipinski definition) is 4. The zero-order valence-electron chi connectivity index (χ0n) is 37.8. The molecule has 4 N–H and O–H groups in total. The average Bonchev–Trinajstić information content (AvgIpc) is 4.13. The number of aryl methyl sites for hydroxylation is 2. The summed E-state index contributed by atoms with van der Waals surface area (Å²) < 4.78 is 11.8. The number of benzene rings is 2. The number of amides is 2. The molecular weight excluding hydrogens is 877 g/mol. The highest BCUT2D eigenvalue weighted by Gasteiger charge is 2.32. The fourth-order valence-corrected chi connectivity index (χ4v) is 11.8. The summed E-state index contributed by atoms with van der Waals surface area (Å²) in [5.74, 6) is 3.18.